The van der Waals surface area contributed by atoms with Gasteiger partial charge in [-0.25, -0.2) is 4.98 Å². The molecule has 2 heterocycles. The zero-order valence-corrected chi connectivity index (χ0v) is 11.4. The Hall–Kier alpha value is -2.56. The van der Waals surface area contributed by atoms with Gasteiger partial charge in [-0.3, -0.25) is 4.68 Å². The first kappa shape index (κ1) is 12.5. The third kappa shape index (κ3) is 2.30. The highest BCUT2D eigenvalue weighted by atomic mass is 16.5. The van der Waals surface area contributed by atoms with Crippen LogP contribution in [0.3, 0.4) is 0 Å². The number of rotatable bonds is 4. The lowest BCUT2D eigenvalue weighted by Crippen LogP contribution is -2.01. The maximum atomic E-state index is 5.21. The zero-order valence-electron chi connectivity index (χ0n) is 11.4. The highest BCUT2D eigenvalue weighted by Gasteiger charge is 2.06. The lowest BCUT2D eigenvalue weighted by molar-refractivity contribution is 0.413. The van der Waals surface area contributed by atoms with Crippen molar-refractivity contribution in [2.24, 2.45) is 0 Å². The van der Waals surface area contributed by atoms with E-state index in [1.54, 1.807) is 26.6 Å². The highest BCUT2D eigenvalue weighted by Crippen LogP contribution is 2.19. The van der Waals surface area contributed by atoms with Gasteiger partial charge >= 0.3 is 0 Å². The number of ether oxygens (including phenoxy) is 2. The Bertz CT molecular complexity index is 720. The van der Waals surface area contributed by atoms with Crippen LogP contribution in [-0.4, -0.2) is 29.0 Å². The van der Waals surface area contributed by atoms with Crippen molar-refractivity contribution in [1.29, 1.82) is 0 Å². The number of pyridine rings is 1. The standard InChI is InChI=1S/C15H15N3O2/c1-19-12-5-3-11(4-6-12)10-18-15-7-13(20-2)8-16-14(15)9-17-18/h3-9H,10H2,1-2H3. The molecule has 0 aliphatic carbocycles. The summed E-state index contributed by atoms with van der Waals surface area (Å²) in [5.74, 6) is 1.58. The minimum Gasteiger partial charge on any atom is -0.497 e. The smallest absolute Gasteiger partial charge is 0.139 e. The van der Waals surface area contributed by atoms with Gasteiger partial charge in [0, 0.05) is 6.07 Å². The van der Waals surface area contributed by atoms with Gasteiger partial charge in [-0.1, -0.05) is 12.1 Å². The van der Waals surface area contributed by atoms with Crippen LogP contribution in [0.2, 0.25) is 0 Å². The molecule has 2 aromatic heterocycles. The molecule has 0 atom stereocenters. The number of benzene rings is 1. The van der Waals surface area contributed by atoms with Crippen LogP contribution in [0.25, 0.3) is 11.0 Å². The summed E-state index contributed by atoms with van der Waals surface area (Å²) in [4.78, 5) is 4.31. The first-order valence-electron chi connectivity index (χ1n) is 6.28. The molecule has 1 aromatic carbocycles. The molecule has 0 N–H and O–H groups in total. The Labute approximate surface area is 116 Å². The SMILES string of the molecule is COc1ccc(Cn2ncc3ncc(OC)cc32)cc1. The fourth-order valence-electron chi connectivity index (χ4n) is 2.08. The fourth-order valence-corrected chi connectivity index (χ4v) is 2.08. The summed E-state index contributed by atoms with van der Waals surface area (Å²) in [7, 11) is 3.29. The molecule has 0 radical (unpaired) electrons. The Morgan fingerprint density at radius 2 is 1.75 bits per heavy atom. The van der Waals surface area contributed by atoms with Gasteiger partial charge in [0.05, 0.1) is 38.7 Å². The first-order chi connectivity index (χ1) is 9.80. The van der Waals surface area contributed by atoms with E-state index in [0.29, 0.717) is 6.54 Å². The molecule has 0 aliphatic rings. The van der Waals surface area contributed by atoms with Crippen molar-refractivity contribution in [3.05, 3.63) is 48.3 Å². The molecule has 0 fully saturated rings. The molecule has 0 bridgehead atoms. The van der Waals surface area contributed by atoms with Crippen molar-refractivity contribution in [3.63, 3.8) is 0 Å². The molecule has 0 spiro atoms. The second-order valence-corrected chi connectivity index (χ2v) is 4.43. The summed E-state index contributed by atoms with van der Waals surface area (Å²) in [6, 6.07) is 9.89. The minimum absolute atomic E-state index is 0.683. The molecule has 0 unspecified atom stereocenters. The molecule has 3 aromatic rings. The van der Waals surface area contributed by atoms with E-state index in [2.05, 4.69) is 10.1 Å². The number of hydrogen-bond donors (Lipinski definition) is 0. The summed E-state index contributed by atoms with van der Waals surface area (Å²) in [5.41, 5.74) is 2.97. The van der Waals surface area contributed by atoms with E-state index < -0.39 is 0 Å². The number of fused-ring (bicyclic) bond motifs is 1. The Morgan fingerprint density at radius 1 is 1.00 bits per heavy atom. The quantitative estimate of drug-likeness (QED) is 0.730. The van der Waals surface area contributed by atoms with E-state index in [-0.39, 0.29) is 0 Å². The van der Waals surface area contributed by atoms with Crippen molar-refractivity contribution < 1.29 is 9.47 Å². The van der Waals surface area contributed by atoms with E-state index in [4.69, 9.17) is 9.47 Å². The monoisotopic (exact) mass is 269 g/mol. The van der Waals surface area contributed by atoms with Crippen LogP contribution in [0.5, 0.6) is 11.5 Å². The van der Waals surface area contributed by atoms with Crippen LogP contribution in [-0.2, 0) is 6.54 Å². The molecule has 0 aliphatic heterocycles. The van der Waals surface area contributed by atoms with Gasteiger partial charge in [0.2, 0.25) is 0 Å². The zero-order chi connectivity index (χ0) is 13.9. The fraction of sp³-hybridized carbons (Fsp3) is 0.200. The Balaban J connectivity index is 1.93. The van der Waals surface area contributed by atoms with Crippen molar-refractivity contribution >= 4 is 11.0 Å². The van der Waals surface area contributed by atoms with Crippen molar-refractivity contribution in [1.82, 2.24) is 14.8 Å². The lowest BCUT2D eigenvalue weighted by Gasteiger charge is -2.06. The third-order valence-electron chi connectivity index (χ3n) is 3.20. The maximum absolute atomic E-state index is 5.21. The molecule has 0 amide bonds. The van der Waals surface area contributed by atoms with Crippen LogP contribution in [0.4, 0.5) is 0 Å². The summed E-state index contributed by atoms with van der Waals surface area (Å²) in [6.45, 7) is 0.683. The van der Waals surface area contributed by atoms with Crippen molar-refractivity contribution in [2.45, 2.75) is 6.54 Å². The minimum atomic E-state index is 0.683. The predicted octanol–water partition coefficient (Wildman–Crippen LogP) is 2.50. The summed E-state index contributed by atoms with van der Waals surface area (Å²) >= 11 is 0. The van der Waals surface area contributed by atoms with Crippen LogP contribution in [0, 0.1) is 0 Å². The average molecular weight is 269 g/mol. The van der Waals surface area contributed by atoms with Gasteiger partial charge in [0.1, 0.15) is 17.0 Å². The number of methoxy groups -OCH3 is 2. The first-order valence-corrected chi connectivity index (χ1v) is 6.28. The summed E-state index contributed by atoms with van der Waals surface area (Å²) < 4.78 is 12.3. The second-order valence-electron chi connectivity index (χ2n) is 4.43. The van der Waals surface area contributed by atoms with E-state index >= 15 is 0 Å². The molecule has 20 heavy (non-hydrogen) atoms. The van der Waals surface area contributed by atoms with E-state index in [1.807, 2.05) is 35.0 Å². The predicted molar refractivity (Wildman–Crippen MR) is 76.2 cm³/mol. The van der Waals surface area contributed by atoms with Gasteiger partial charge in [-0.05, 0) is 17.7 Å². The van der Waals surface area contributed by atoms with Gasteiger partial charge in [-0.2, -0.15) is 5.10 Å². The number of hydrogen-bond acceptors (Lipinski definition) is 4. The lowest BCUT2D eigenvalue weighted by atomic mass is 10.2. The van der Waals surface area contributed by atoms with Crippen LogP contribution < -0.4 is 9.47 Å². The number of aromatic nitrogens is 3. The molecule has 5 heteroatoms. The third-order valence-corrected chi connectivity index (χ3v) is 3.20. The normalized spacial score (nSPS) is 10.7. The molecular weight excluding hydrogens is 254 g/mol. The van der Waals surface area contributed by atoms with Crippen LogP contribution in [0.1, 0.15) is 5.56 Å². The van der Waals surface area contributed by atoms with Crippen molar-refractivity contribution in [3.8, 4) is 11.5 Å². The molecular formula is C15H15N3O2. The highest BCUT2D eigenvalue weighted by molar-refractivity contribution is 5.75. The molecule has 5 nitrogen and oxygen atoms in total. The second kappa shape index (κ2) is 5.21. The van der Waals surface area contributed by atoms with Crippen LogP contribution in [0.15, 0.2) is 42.7 Å². The maximum Gasteiger partial charge on any atom is 0.139 e. The largest absolute Gasteiger partial charge is 0.497 e. The summed E-state index contributed by atoms with van der Waals surface area (Å²) in [5, 5.41) is 4.38. The molecule has 0 saturated carbocycles. The van der Waals surface area contributed by atoms with Crippen LogP contribution >= 0.6 is 0 Å². The van der Waals surface area contributed by atoms with E-state index in [1.165, 1.54) is 0 Å². The van der Waals surface area contributed by atoms with Gasteiger partial charge < -0.3 is 9.47 Å². The molecule has 102 valence electrons. The van der Waals surface area contributed by atoms with E-state index in [0.717, 1.165) is 28.1 Å². The number of nitrogens with zero attached hydrogens (tertiary/aromatic N) is 3. The Morgan fingerprint density at radius 3 is 2.45 bits per heavy atom. The topological polar surface area (TPSA) is 49.2 Å². The van der Waals surface area contributed by atoms with Gasteiger partial charge in [0.15, 0.2) is 0 Å². The van der Waals surface area contributed by atoms with E-state index in [9.17, 15) is 0 Å². The van der Waals surface area contributed by atoms with Crippen molar-refractivity contribution in [2.75, 3.05) is 14.2 Å². The Kier molecular flexibility index (Phi) is 3.25. The molecule has 0 saturated heterocycles. The average Bonchev–Trinajstić information content (AvgIpc) is 2.90. The molecule has 3 rings (SSSR count). The summed E-state index contributed by atoms with van der Waals surface area (Å²) in [6.07, 6.45) is 3.46. The van der Waals surface area contributed by atoms with Gasteiger partial charge in [0.25, 0.3) is 0 Å². The van der Waals surface area contributed by atoms with Gasteiger partial charge in [-0.15, -0.1) is 0 Å².